The number of furan rings is 1. The number of rotatable bonds is 6. The first-order valence-electron chi connectivity index (χ1n) is 9.84. The first-order valence-corrected chi connectivity index (χ1v) is 9.84. The standard InChI is InChI=1S/C22H26N2O5/c1-14-19(22(27)28)12-18(29-14)13-24(2)21(26)16-9-6-10-17(11-16)23-20(25)15-7-4-3-5-8-15/h6,9-12,15H,3-5,7-8,13H2,1-2H3,(H,23,25)(H,27,28). The fourth-order valence-corrected chi connectivity index (χ4v) is 3.70. The Bertz CT molecular complexity index is 912. The molecule has 154 valence electrons. The lowest BCUT2D eigenvalue weighted by Gasteiger charge is -2.21. The number of carboxylic acids is 1. The summed E-state index contributed by atoms with van der Waals surface area (Å²) in [6.07, 6.45) is 5.17. The topological polar surface area (TPSA) is 99.9 Å². The molecule has 1 aromatic heterocycles. The van der Waals surface area contributed by atoms with Crippen LogP contribution in [0, 0.1) is 12.8 Å². The van der Waals surface area contributed by atoms with Crippen LogP contribution in [-0.2, 0) is 11.3 Å². The van der Waals surface area contributed by atoms with Gasteiger partial charge in [0.25, 0.3) is 5.91 Å². The molecule has 1 aliphatic rings. The zero-order valence-electron chi connectivity index (χ0n) is 16.7. The predicted molar refractivity (Wildman–Crippen MR) is 108 cm³/mol. The number of amides is 2. The Morgan fingerprint density at radius 1 is 1.17 bits per heavy atom. The van der Waals surface area contributed by atoms with Gasteiger partial charge in [0, 0.05) is 24.2 Å². The molecular formula is C22H26N2O5. The predicted octanol–water partition coefficient (Wildman–Crippen LogP) is 4.08. The number of hydrogen-bond donors (Lipinski definition) is 2. The van der Waals surface area contributed by atoms with Crippen molar-refractivity contribution in [2.24, 2.45) is 5.92 Å². The van der Waals surface area contributed by atoms with Crippen molar-refractivity contribution >= 4 is 23.5 Å². The van der Waals surface area contributed by atoms with Gasteiger partial charge in [0.1, 0.15) is 17.1 Å². The second-order valence-corrected chi connectivity index (χ2v) is 7.55. The number of carbonyl (C=O) groups is 3. The molecule has 2 aromatic rings. The number of anilines is 1. The molecule has 2 amide bonds. The number of aryl methyl sites for hydroxylation is 1. The van der Waals surface area contributed by atoms with Crippen molar-refractivity contribution < 1.29 is 23.9 Å². The minimum absolute atomic E-state index is 0.00918. The molecule has 0 unspecified atom stereocenters. The van der Waals surface area contributed by atoms with E-state index in [1.165, 1.54) is 17.4 Å². The van der Waals surface area contributed by atoms with Gasteiger partial charge in [-0.3, -0.25) is 9.59 Å². The Morgan fingerprint density at radius 2 is 1.90 bits per heavy atom. The van der Waals surface area contributed by atoms with E-state index < -0.39 is 5.97 Å². The highest BCUT2D eigenvalue weighted by atomic mass is 16.4. The molecule has 3 rings (SSSR count). The zero-order valence-corrected chi connectivity index (χ0v) is 16.7. The Kier molecular flexibility index (Phi) is 6.36. The van der Waals surface area contributed by atoms with Gasteiger partial charge in [0.2, 0.25) is 5.91 Å². The summed E-state index contributed by atoms with van der Waals surface area (Å²) < 4.78 is 5.44. The number of nitrogens with one attached hydrogen (secondary N) is 1. The van der Waals surface area contributed by atoms with E-state index >= 15 is 0 Å². The van der Waals surface area contributed by atoms with E-state index in [1.54, 1.807) is 38.2 Å². The quantitative estimate of drug-likeness (QED) is 0.764. The maximum Gasteiger partial charge on any atom is 0.339 e. The van der Waals surface area contributed by atoms with Crippen LogP contribution < -0.4 is 5.32 Å². The van der Waals surface area contributed by atoms with E-state index in [2.05, 4.69) is 5.32 Å². The maximum absolute atomic E-state index is 12.8. The van der Waals surface area contributed by atoms with E-state index in [0.29, 0.717) is 22.8 Å². The molecule has 0 bridgehead atoms. The van der Waals surface area contributed by atoms with Crippen molar-refractivity contribution in [3.05, 3.63) is 53.0 Å². The first-order chi connectivity index (χ1) is 13.8. The first kappa shape index (κ1) is 20.6. The molecule has 2 N–H and O–H groups in total. The molecule has 7 heteroatoms. The van der Waals surface area contributed by atoms with Gasteiger partial charge in [0.05, 0.1) is 6.54 Å². The molecule has 0 aliphatic heterocycles. The van der Waals surface area contributed by atoms with Gasteiger partial charge in [-0.2, -0.15) is 0 Å². The lowest BCUT2D eigenvalue weighted by Crippen LogP contribution is -2.27. The smallest absolute Gasteiger partial charge is 0.339 e. The number of carboxylic acid groups (broad SMARTS) is 1. The highest BCUT2D eigenvalue weighted by Gasteiger charge is 2.22. The fourth-order valence-electron chi connectivity index (χ4n) is 3.70. The Labute approximate surface area is 169 Å². The Morgan fingerprint density at radius 3 is 2.55 bits per heavy atom. The maximum atomic E-state index is 12.8. The van der Waals surface area contributed by atoms with Crippen LogP contribution in [0.3, 0.4) is 0 Å². The van der Waals surface area contributed by atoms with Crippen molar-refractivity contribution in [1.29, 1.82) is 0 Å². The normalized spacial score (nSPS) is 14.4. The van der Waals surface area contributed by atoms with Crippen molar-refractivity contribution in [3.63, 3.8) is 0 Å². The van der Waals surface area contributed by atoms with Crippen molar-refractivity contribution in [2.75, 3.05) is 12.4 Å². The summed E-state index contributed by atoms with van der Waals surface area (Å²) in [7, 11) is 1.62. The minimum atomic E-state index is -1.06. The average molecular weight is 398 g/mol. The number of benzene rings is 1. The van der Waals surface area contributed by atoms with Gasteiger partial charge in [-0.15, -0.1) is 0 Å². The van der Waals surface area contributed by atoms with Crippen LogP contribution in [0.4, 0.5) is 5.69 Å². The highest BCUT2D eigenvalue weighted by molar-refractivity contribution is 5.97. The summed E-state index contributed by atoms with van der Waals surface area (Å²) >= 11 is 0. The van der Waals surface area contributed by atoms with Crippen LogP contribution in [0.2, 0.25) is 0 Å². The molecule has 0 radical (unpaired) electrons. The van der Waals surface area contributed by atoms with Gasteiger partial charge in [0.15, 0.2) is 0 Å². The molecule has 1 fully saturated rings. The summed E-state index contributed by atoms with van der Waals surface area (Å²) in [6, 6.07) is 8.28. The van der Waals surface area contributed by atoms with Crippen molar-refractivity contribution in [1.82, 2.24) is 4.90 Å². The second kappa shape index (κ2) is 8.94. The van der Waals surface area contributed by atoms with Crippen molar-refractivity contribution in [2.45, 2.75) is 45.6 Å². The molecule has 1 heterocycles. The molecular weight excluding hydrogens is 372 g/mol. The van der Waals surface area contributed by atoms with E-state index in [1.807, 2.05) is 0 Å². The average Bonchev–Trinajstić information content (AvgIpc) is 3.08. The molecule has 1 aromatic carbocycles. The SMILES string of the molecule is Cc1oc(CN(C)C(=O)c2cccc(NC(=O)C3CCCCC3)c2)cc1C(=O)O. The van der Waals surface area contributed by atoms with Crippen LogP contribution >= 0.6 is 0 Å². The summed E-state index contributed by atoms with van der Waals surface area (Å²) in [5.74, 6) is -0.554. The third-order valence-corrected chi connectivity index (χ3v) is 5.29. The summed E-state index contributed by atoms with van der Waals surface area (Å²) in [6.45, 7) is 1.72. The van der Waals surface area contributed by atoms with Crippen LogP contribution in [0.25, 0.3) is 0 Å². The van der Waals surface area contributed by atoms with Crippen LogP contribution in [0.5, 0.6) is 0 Å². The van der Waals surface area contributed by atoms with Crippen molar-refractivity contribution in [3.8, 4) is 0 Å². The zero-order chi connectivity index (χ0) is 21.0. The molecule has 7 nitrogen and oxygen atoms in total. The van der Waals surface area contributed by atoms with E-state index in [0.717, 1.165) is 25.7 Å². The van der Waals surface area contributed by atoms with Gasteiger partial charge < -0.3 is 19.7 Å². The number of aromatic carboxylic acids is 1. The van der Waals surface area contributed by atoms with E-state index in [4.69, 9.17) is 9.52 Å². The summed E-state index contributed by atoms with van der Waals surface area (Å²) in [5.41, 5.74) is 1.13. The molecule has 1 saturated carbocycles. The largest absolute Gasteiger partial charge is 0.478 e. The molecule has 1 aliphatic carbocycles. The lowest BCUT2D eigenvalue weighted by molar-refractivity contribution is -0.120. The monoisotopic (exact) mass is 398 g/mol. The molecule has 29 heavy (non-hydrogen) atoms. The third kappa shape index (κ3) is 5.04. The van der Waals surface area contributed by atoms with Gasteiger partial charge in [-0.25, -0.2) is 4.79 Å². The van der Waals surface area contributed by atoms with Gasteiger partial charge in [-0.1, -0.05) is 25.3 Å². The van der Waals surface area contributed by atoms with E-state index in [9.17, 15) is 14.4 Å². The van der Waals surface area contributed by atoms with Gasteiger partial charge >= 0.3 is 5.97 Å². The lowest BCUT2D eigenvalue weighted by atomic mass is 9.88. The third-order valence-electron chi connectivity index (χ3n) is 5.29. The molecule has 0 atom stereocenters. The fraction of sp³-hybridized carbons (Fsp3) is 0.409. The number of carbonyl (C=O) groups excluding carboxylic acids is 2. The van der Waals surface area contributed by atoms with E-state index in [-0.39, 0.29) is 29.8 Å². The van der Waals surface area contributed by atoms with Crippen LogP contribution in [0.15, 0.2) is 34.7 Å². The number of hydrogen-bond acceptors (Lipinski definition) is 4. The van der Waals surface area contributed by atoms with Gasteiger partial charge in [-0.05, 0) is 44.0 Å². The summed E-state index contributed by atoms with van der Waals surface area (Å²) in [4.78, 5) is 37.8. The minimum Gasteiger partial charge on any atom is -0.478 e. The second-order valence-electron chi connectivity index (χ2n) is 7.55. The van der Waals surface area contributed by atoms with Crippen LogP contribution in [-0.4, -0.2) is 34.8 Å². The number of nitrogens with zero attached hydrogens (tertiary/aromatic N) is 1. The molecule has 0 saturated heterocycles. The Balaban J connectivity index is 1.65. The molecule has 0 spiro atoms. The summed E-state index contributed by atoms with van der Waals surface area (Å²) in [5, 5.41) is 12.0. The highest BCUT2D eigenvalue weighted by Crippen LogP contribution is 2.25. The Hall–Kier alpha value is -3.09. The van der Waals surface area contributed by atoms with Crippen LogP contribution in [0.1, 0.15) is 64.3 Å².